The molecule has 1 saturated heterocycles. The molecule has 2 aromatic heterocycles. The molecule has 1 fully saturated rings. The summed E-state index contributed by atoms with van der Waals surface area (Å²) in [6.45, 7) is 0. The number of hydrogen-bond acceptors (Lipinski definition) is 8. The minimum atomic E-state index is -1.48. The van der Waals surface area contributed by atoms with Crippen LogP contribution in [0, 0.1) is 0 Å². The van der Waals surface area contributed by atoms with E-state index in [1.54, 1.807) is 29.8 Å². The van der Waals surface area contributed by atoms with Gasteiger partial charge >= 0.3 is 5.97 Å². The summed E-state index contributed by atoms with van der Waals surface area (Å²) in [6.07, 6.45) is 1.66. The fraction of sp³-hybridized carbons (Fsp3) is 0.263. The molecule has 2 aliphatic rings. The number of carboxylic acids is 1. The van der Waals surface area contributed by atoms with Crippen LogP contribution in [0.2, 0.25) is 0 Å². The highest BCUT2D eigenvalue weighted by Gasteiger charge is 2.54. The van der Waals surface area contributed by atoms with Crippen LogP contribution in [0.5, 0.6) is 0 Å². The third-order valence-corrected chi connectivity index (χ3v) is 9.57. The highest BCUT2D eigenvalue weighted by atomic mass is 32.2. The lowest BCUT2D eigenvalue weighted by Crippen LogP contribution is -2.70. The van der Waals surface area contributed by atoms with Crippen LogP contribution in [0.15, 0.2) is 62.4 Å². The molecule has 31 heavy (non-hydrogen) atoms. The van der Waals surface area contributed by atoms with Gasteiger partial charge in [0.25, 0.3) is 5.91 Å². The molecule has 0 radical (unpaired) electrons. The minimum Gasteiger partial charge on any atom is -0.477 e. The maximum atomic E-state index is 12.7. The Morgan fingerprint density at radius 3 is 2.84 bits per heavy atom. The number of amides is 2. The minimum absolute atomic E-state index is 0.0233. The molecule has 0 saturated carbocycles. The van der Waals surface area contributed by atoms with Gasteiger partial charge in [-0.15, -0.1) is 34.9 Å². The maximum absolute atomic E-state index is 12.7. The number of thioether (sulfide) groups is 2. The Labute approximate surface area is 193 Å². The molecule has 0 spiro atoms. The average Bonchev–Trinajstić information content (AvgIpc) is 3.31. The topological polar surface area (TPSA) is 117 Å². The molecule has 0 aromatic carbocycles. The first kappa shape index (κ1) is 22.1. The third kappa shape index (κ3) is 4.71. The van der Waals surface area contributed by atoms with E-state index in [1.807, 2.05) is 12.1 Å². The first-order valence-corrected chi connectivity index (χ1v) is 13.3. The van der Waals surface area contributed by atoms with E-state index in [2.05, 4.69) is 10.3 Å². The molecule has 162 valence electrons. The lowest BCUT2D eigenvalue weighted by molar-refractivity contribution is -0.150. The van der Waals surface area contributed by atoms with Gasteiger partial charge < -0.3 is 10.4 Å². The van der Waals surface area contributed by atoms with E-state index in [4.69, 9.17) is 0 Å². The van der Waals surface area contributed by atoms with Gasteiger partial charge in [-0.2, -0.15) is 0 Å². The third-order valence-electron chi connectivity index (χ3n) is 4.58. The Kier molecular flexibility index (Phi) is 6.80. The Morgan fingerprint density at radius 2 is 2.16 bits per heavy atom. The van der Waals surface area contributed by atoms with Crippen molar-refractivity contribution < 1.29 is 23.7 Å². The molecule has 3 atom stereocenters. The van der Waals surface area contributed by atoms with Crippen LogP contribution in [0.4, 0.5) is 0 Å². The average molecular weight is 496 g/mol. The second kappa shape index (κ2) is 9.55. The molecule has 12 heteroatoms. The molecule has 0 bridgehead atoms. The van der Waals surface area contributed by atoms with E-state index in [1.165, 1.54) is 39.8 Å². The molecule has 2 aromatic rings. The molecule has 2 amide bonds. The molecular weight excluding hydrogens is 478 g/mol. The van der Waals surface area contributed by atoms with Gasteiger partial charge in [0.1, 0.15) is 22.9 Å². The van der Waals surface area contributed by atoms with Gasteiger partial charge in [0, 0.05) is 17.7 Å². The van der Waals surface area contributed by atoms with Gasteiger partial charge in [-0.1, -0.05) is 12.1 Å². The lowest BCUT2D eigenvalue weighted by Gasteiger charge is -2.49. The number of aromatic nitrogens is 1. The molecule has 2 N–H and O–H groups in total. The zero-order chi connectivity index (χ0) is 22.0. The predicted octanol–water partition coefficient (Wildman–Crippen LogP) is 1.78. The van der Waals surface area contributed by atoms with Crippen LogP contribution < -0.4 is 5.32 Å². The number of carbonyl (C=O) groups is 3. The fourth-order valence-corrected chi connectivity index (χ4v) is 7.45. The van der Waals surface area contributed by atoms with Crippen molar-refractivity contribution in [2.24, 2.45) is 0 Å². The van der Waals surface area contributed by atoms with E-state index < -0.39 is 40.0 Å². The summed E-state index contributed by atoms with van der Waals surface area (Å²) in [7, 11) is -1.48. The highest BCUT2D eigenvalue weighted by molar-refractivity contribution is 8.01. The van der Waals surface area contributed by atoms with Gasteiger partial charge in [-0.05, 0) is 29.2 Å². The summed E-state index contributed by atoms with van der Waals surface area (Å²) >= 11 is 4.12. The van der Waals surface area contributed by atoms with Gasteiger partial charge in [-0.3, -0.25) is 18.7 Å². The van der Waals surface area contributed by atoms with Crippen molar-refractivity contribution in [3.8, 4) is 0 Å². The summed E-state index contributed by atoms with van der Waals surface area (Å²) in [5, 5.41) is 14.4. The SMILES string of the molecule is O=C(CS(=O)c1cccs1)NC1C(=O)N2C(C(=O)O)=C(CSc3ccccn3)CS[C@H]12. The molecule has 4 heterocycles. The first-order chi connectivity index (χ1) is 15.0. The number of carboxylic acid groups (broad SMARTS) is 1. The van der Waals surface area contributed by atoms with E-state index in [9.17, 15) is 23.7 Å². The second-order valence-corrected chi connectivity index (χ2v) is 11.3. The largest absolute Gasteiger partial charge is 0.477 e. The number of thiophene rings is 1. The Bertz CT molecular complexity index is 1060. The van der Waals surface area contributed by atoms with Crippen LogP contribution in [0.25, 0.3) is 0 Å². The summed E-state index contributed by atoms with van der Waals surface area (Å²) in [5.74, 6) is -1.54. The monoisotopic (exact) mass is 495 g/mol. The fourth-order valence-electron chi connectivity index (χ4n) is 3.19. The van der Waals surface area contributed by atoms with Crippen LogP contribution in [0.3, 0.4) is 0 Å². The molecule has 2 unspecified atom stereocenters. The van der Waals surface area contributed by atoms with Crippen molar-refractivity contribution >= 4 is 63.4 Å². The van der Waals surface area contributed by atoms with Crippen molar-refractivity contribution in [1.82, 2.24) is 15.2 Å². The second-order valence-electron chi connectivity index (χ2n) is 6.59. The number of fused-ring (bicyclic) bond motifs is 1. The quantitative estimate of drug-likeness (QED) is 0.421. The number of nitrogens with zero attached hydrogens (tertiary/aromatic N) is 2. The van der Waals surface area contributed by atoms with E-state index >= 15 is 0 Å². The predicted molar refractivity (Wildman–Crippen MR) is 120 cm³/mol. The van der Waals surface area contributed by atoms with E-state index in [0.29, 0.717) is 21.3 Å². The van der Waals surface area contributed by atoms with E-state index in [0.717, 1.165) is 5.03 Å². The van der Waals surface area contributed by atoms with Crippen molar-refractivity contribution in [2.75, 3.05) is 17.3 Å². The highest BCUT2D eigenvalue weighted by Crippen LogP contribution is 2.41. The Balaban J connectivity index is 1.41. The van der Waals surface area contributed by atoms with Gasteiger partial charge in [-0.25, -0.2) is 9.78 Å². The summed E-state index contributed by atoms with van der Waals surface area (Å²) in [6, 6.07) is 8.12. The number of hydrogen-bond donors (Lipinski definition) is 2. The Hall–Kier alpha value is -2.15. The zero-order valence-electron chi connectivity index (χ0n) is 15.9. The molecule has 2 aliphatic heterocycles. The number of β-lactam (4-membered cyclic amide) rings is 1. The molecular formula is C19H17N3O5S4. The van der Waals surface area contributed by atoms with Crippen LogP contribution in [-0.2, 0) is 25.2 Å². The summed E-state index contributed by atoms with van der Waals surface area (Å²) < 4.78 is 12.8. The molecule has 0 aliphatic carbocycles. The Morgan fingerprint density at radius 1 is 1.32 bits per heavy atom. The number of nitrogens with one attached hydrogen (secondary N) is 1. The summed E-state index contributed by atoms with van der Waals surface area (Å²) in [4.78, 5) is 42.3. The van der Waals surface area contributed by atoms with Crippen molar-refractivity contribution in [1.29, 1.82) is 0 Å². The van der Waals surface area contributed by atoms with Gasteiger partial charge in [0.15, 0.2) is 0 Å². The van der Waals surface area contributed by atoms with Crippen LogP contribution in [0.1, 0.15) is 0 Å². The maximum Gasteiger partial charge on any atom is 0.352 e. The van der Waals surface area contributed by atoms with Crippen molar-refractivity contribution in [2.45, 2.75) is 20.7 Å². The van der Waals surface area contributed by atoms with Gasteiger partial charge in [0.05, 0.1) is 20.0 Å². The van der Waals surface area contributed by atoms with Crippen molar-refractivity contribution in [3.05, 3.63) is 53.2 Å². The van der Waals surface area contributed by atoms with Crippen LogP contribution >= 0.6 is 34.9 Å². The van der Waals surface area contributed by atoms with Crippen molar-refractivity contribution in [3.63, 3.8) is 0 Å². The zero-order valence-corrected chi connectivity index (χ0v) is 19.2. The summed E-state index contributed by atoms with van der Waals surface area (Å²) in [5.41, 5.74) is 0.617. The number of aliphatic carboxylic acids is 1. The van der Waals surface area contributed by atoms with Crippen LogP contribution in [-0.4, -0.2) is 65.7 Å². The smallest absolute Gasteiger partial charge is 0.352 e. The normalized spacial score (nSPS) is 21.3. The number of rotatable bonds is 8. The molecule has 4 rings (SSSR count). The molecule has 8 nitrogen and oxygen atoms in total. The number of carbonyl (C=O) groups excluding carboxylic acids is 2. The lowest BCUT2D eigenvalue weighted by atomic mass is 10.0. The first-order valence-electron chi connectivity index (χ1n) is 9.11. The number of pyridine rings is 1. The standard InChI is InChI=1S/C19H17N3O5S4/c23-12(10-31(27)14-5-3-7-28-14)21-15-17(24)22-16(19(25)26)11(9-30-18(15)22)8-29-13-4-1-2-6-20-13/h1-7,15,18H,8-10H2,(H,21,23)(H,25,26)/t15?,18-,31?/m1/s1. The van der Waals surface area contributed by atoms with E-state index in [-0.39, 0.29) is 11.4 Å². The van der Waals surface area contributed by atoms with Gasteiger partial charge in [0.2, 0.25) is 5.91 Å².